The van der Waals surface area contributed by atoms with Gasteiger partial charge in [0, 0.05) is 24.2 Å². The molecular formula is C20H21N5O3. The normalized spacial score (nSPS) is 23.7. The molecule has 8 heteroatoms. The number of ether oxygens (including phenoxy) is 2. The minimum Gasteiger partial charge on any atom is -0.454 e. The highest BCUT2D eigenvalue weighted by atomic mass is 16.7. The molecular weight excluding hydrogens is 358 g/mol. The topological polar surface area (TPSA) is 108 Å². The first kappa shape index (κ1) is 17.2. The van der Waals surface area contributed by atoms with Crippen molar-refractivity contribution in [2.24, 2.45) is 5.73 Å². The predicted molar refractivity (Wildman–Crippen MR) is 101 cm³/mol. The van der Waals surface area contributed by atoms with Crippen molar-refractivity contribution in [2.45, 2.75) is 37.3 Å². The van der Waals surface area contributed by atoms with Crippen LogP contribution in [0.1, 0.15) is 31.0 Å². The molecule has 1 aliphatic heterocycles. The summed E-state index contributed by atoms with van der Waals surface area (Å²) < 4.78 is 12.8. The summed E-state index contributed by atoms with van der Waals surface area (Å²) in [5.74, 6) is 2.90. The molecule has 0 unspecified atom stereocenters. The summed E-state index contributed by atoms with van der Waals surface area (Å²) in [5.41, 5.74) is 7.68. The Kier molecular flexibility index (Phi) is 4.22. The number of hydrogen-bond acceptors (Lipinski definition) is 7. The Balaban J connectivity index is 1.59. The molecule has 1 fully saturated rings. The SMILES string of the molecule is N[C@@H]1C[C@@H](c2nc(-c3ccccn3)nn2-c2ccc3c(c2)OCO3)CC[C@H]1O. The predicted octanol–water partition coefficient (Wildman–Crippen LogP) is 2.01. The third-order valence-corrected chi connectivity index (χ3v) is 5.35. The molecule has 144 valence electrons. The monoisotopic (exact) mass is 379 g/mol. The van der Waals surface area contributed by atoms with Gasteiger partial charge >= 0.3 is 0 Å². The molecule has 1 saturated carbocycles. The van der Waals surface area contributed by atoms with Crippen LogP contribution in [0.2, 0.25) is 0 Å². The van der Waals surface area contributed by atoms with Gasteiger partial charge in [-0.05, 0) is 43.5 Å². The summed E-state index contributed by atoms with van der Waals surface area (Å²) in [7, 11) is 0. The number of aliphatic hydroxyl groups is 1. The Morgan fingerprint density at radius 2 is 2.00 bits per heavy atom. The van der Waals surface area contributed by atoms with E-state index in [0.717, 1.165) is 23.7 Å². The number of benzene rings is 1. The summed E-state index contributed by atoms with van der Waals surface area (Å²) in [6.07, 6.45) is 3.38. The van der Waals surface area contributed by atoms with Gasteiger partial charge in [-0.3, -0.25) is 4.98 Å². The lowest BCUT2D eigenvalue weighted by Crippen LogP contribution is -2.40. The van der Waals surface area contributed by atoms with E-state index >= 15 is 0 Å². The van der Waals surface area contributed by atoms with E-state index in [2.05, 4.69) is 4.98 Å². The van der Waals surface area contributed by atoms with E-state index < -0.39 is 6.10 Å². The third kappa shape index (κ3) is 3.00. The van der Waals surface area contributed by atoms with E-state index in [1.54, 1.807) is 6.20 Å². The van der Waals surface area contributed by atoms with Crippen LogP contribution in [0.5, 0.6) is 11.5 Å². The molecule has 8 nitrogen and oxygen atoms in total. The molecule has 1 aliphatic carbocycles. The van der Waals surface area contributed by atoms with Crippen LogP contribution < -0.4 is 15.2 Å². The molecule has 2 aliphatic rings. The fraction of sp³-hybridized carbons (Fsp3) is 0.350. The minimum absolute atomic E-state index is 0.105. The van der Waals surface area contributed by atoms with Crippen LogP contribution in [0.15, 0.2) is 42.6 Å². The fourth-order valence-corrected chi connectivity index (χ4v) is 3.82. The first-order valence-corrected chi connectivity index (χ1v) is 9.41. The second-order valence-electron chi connectivity index (χ2n) is 7.20. The Morgan fingerprint density at radius 1 is 1.11 bits per heavy atom. The van der Waals surface area contributed by atoms with Crippen molar-refractivity contribution in [3.05, 3.63) is 48.4 Å². The highest BCUT2D eigenvalue weighted by molar-refractivity contribution is 5.52. The van der Waals surface area contributed by atoms with E-state index in [4.69, 9.17) is 25.3 Å². The maximum Gasteiger partial charge on any atom is 0.231 e. The molecule has 3 atom stereocenters. The highest BCUT2D eigenvalue weighted by Gasteiger charge is 2.31. The Bertz CT molecular complexity index is 991. The number of nitrogens with zero attached hydrogens (tertiary/aromatic N) is 4. The molecule has 3 aromatic rings. The van der Waals surface area contributed by atoms with Crippen molar-refractivity contribution in [1.82, 2.24) is 19.7 Å². The number of nitrogens with two attached hydrogens (primary N) is 1. The smallest absolute Gasteiger partial charge is 0.231 e. The average molecular weight is 379 g/mol. The van der Waals surface area contributed by atoms with Gasteiger partial charge in [-0.1, -0.05) is 6.07 Å². The molecule has 3 N–H and O–H groups in total. The number of rotatable bonds is 3. The lowest BCUT2D eigenvalue weighted by Gasteiger charge is -2.30. The summed E-state index contributed by atoms with van der Waals surface area (Å²) in [6, 6.07) is 11.1. The van der Waals surface area contributed by atoms with E-state index in [0.29, 0.717) is 30.1 Å². The molecule has 5 rings (SSSR count). The molecule has 0 spiro atoms. The summed E-state index contributed by atoms with van der Waals surface area (Å²) >= 11 is 0. The molecule has 0 bridgehead atoms. The average Bonchev–Trinajstić information content (AvgIpc) is 3.37. The van der Waals surface area contributed by atoms with Crippen molar-refractivity contribution < 1.29 is 14.6 Å². The van der Waals surface area contributed by atoms with Crippen LogP contribution in [0.3, 0.4) is 0 Å². The molecule has 2 aromatic heterocycles. The number of aromatic nitrogens is 4. The number of fused-ring (bicyclic) bond motifs is 1. The quantitative estimate of drug-likeness (QED) is 0.716. The second kappa shape index (κ2) is 6.88. The van der Waals surface area contributed by atoms with Gasteiger partial charge in [0.1, 0.15) is 11.5 Å². The van der Waals surface area contributed by atoms with E-state index in [1.165, 1.54) is 0 Å². The van der Waals surface area contributed by atoms with Crippen LogP contribution >= 0.6 is 0 Å². The van der Waals surface area contributed by atoms with Gasteiger partial charge in [-0.15, -0.1) is 5.10 Å². The maximum atomic E-state index is 10.0. The number of hydrogen-bond donors (Lipinski definition) is 2. The third-order valence-electron chi connectivity index (χ3n) is 5.35. The summed E-state index contributed by atoms with van der Waals surface area (Å²) in [6.45, 7) is 0.220. The first-order chi connectivity index (χ1) is 13.7. The van der Waals surface area contributed by atoms with Crippen molar-refractivity contribution in [3.8, 4) is 28.7 Å². The van der Waals surface area contributed by atoms with Gasteiger partial charge in [0.25, 0.3) is 0 Å². The van der Waals surface area contributed by atoms with Gasteiger partial charge in [0.15, 0.2) is 17.3 Å². The van der Waals surface area contributed by atoms with Crippen LogP contribution in [-0.2, 0) is 0 Å². The molecule has 0 amide bonds. The Hall–Kier alpha value is -2.97. The molecule has 0 radical (unpaired) electrons. The Morgan fingerprint density at radius 3 is 2.82 bits per heavy atom. The number of pyridine rings is 1. The van der Waals surface area contributed by atoms with Gasteiger partial charge in [0.05, 0.1) is 11.8 Å². The highest BCUT2D eigenvalue weighted by Crippen LogP contribution is 2.37. The lowest BCUT2D eigenvalue weighted by atomic mass is 9.83. The van der Waals surface area contributed by atoms with Crippen molar-refractivity contribution >= 4 is 0 Å². The van der Waals surface area contributed by atoms with E-state index in [1.807, 2.05) is 41.1 Å². The van der Waals surface area contributed by atoms with Gasteiger partial charge in [-0.25, -0.2) is 9.67 Å². The van der Waals surface area contributed by atoms with Gasteiger partial charge in [0.2, 0.25) is 6.79 Å². The summed E-state index contributed by atoms with van der Waals surface area (Å²) in [5, 5.41) is 14.7. The second-order valence-corrected chi connectivity index (χ2v) is 7.20. The zero-order valence-corrected chi connectivity index (χ0v) is 15.2. The largest absolute Gasteiger partial charge is 0.454 e. The molecule has 3 heterocycles. The van der Waals surface area contributed by atoms with E-state index in [-0.39, 0.29) is 18.8 Å². The fourth-order valence-electron chi connectivity index (χ4n) is 3.82. The van der Waals surface area contributed by atoms with Crippen LogP contribution in [0.4, 0.5) is 0 Å². The van der Waals surface area contributed by atoms with Crippen LogP contribution in [0.25, 0.3) is 17.2 Å². The maximum absolute atomic E-state index is 10.0. The van der Waals surface area contributed by atoms with Crippen LogP contribution in [-0.4, -0.2) is 43.8 Å². The van der Waals surface area contributed by atoms with Crippen LogP contribution in [0, 0.1) is 0 Å². The van der Waals surface area contributed by atoms with Gasteiger partial charge in [-0.2, -0.15) is 0 Å². The molecule has 28 heavy (non-hydrogen) atoms. The number of aliphatic hydroxyl groups excluding tert-OH is 1. The zero-order valence-electron chi connectivity index (χ0n) is 15.2. The lowest BCUT2D eigenvalue weighted by molar-refractivity contribution is 0.0989. The first-order valence-electron chi connectivity index (χ1n) is 9.41. The van der Waals surface area contributed by atoms with Crippen molar-refractivity contribution in [2.75, 3.05) is 6.79 Å². The van der Waals surface area contributed by atoms with Crippen molar-refractivity contribution in [3.63, 3.8) is 0 Å². The van der Waals surface area contributed by atoms with Gasteiger partial charge < -0.3 is 20.3 Å². The zero-order chi connectivity index (χ0) is 19.1. The Labute approximate surface area is 161 Å². The molecule has 1 aromatic carbocycles. The standard InChI is InChI=1S/C20H21N5O3/c21-14-9-12(4-6-16(14)26)20-23-19(15-3-1-2-8-22-15)24-25(20)13-5-7-17-18(10-13)28-11-27-17/h1-3,5,7-8,10,12,14,16,26H,4,6,9,11,21H2/t12-,14+,16+/m0/s1. The van der Waals surface area contributed by atoms with Crippen molar-refractivity contribution in [1.29, 1.82) is 0 Å². The minimum atomic E-state index is -0.464. The summed E-state index contributed by atoms with van der Waals surface area (Å²) in [4.78, 5) is 9.19. The van der Waals surface area contributed by atoms with E-state index in [9.17, 15) is 5.11 Å². The molecule has 0 saturated heterocycles.